The summed E-state index contributed by atoms with van der Waals surface area (Å²) in [6, 6.07) is 7.63. The van der Waals surface area contributed by atoms with Gasteiger partial charge in [0.1, 0.15) is 5.75 Å². The van der Waals surface area contributed by atoms with Crippen molar-refractivity contribution in [3.8, 4) is 5.75 Å². The Bertz CT molecular complexity index is 251. The van der Waals surface area contributed by atoms with Gasteiger partial charge < -0.3 is 10.2 Å². The third kappa shape index (κ3) is 5.50. The van der Waals surface area contributed by atoms with Gasteiger partial charge in [0.05, 0.1) is 6.61 Å². The van der Waals surface area contributed by atoms with Gasteiger partial charge in [-0.05, 0) is 30.7 Å². The number of ether oxygens (including phenoxy) is 1. The van der Waals surface area contributed by atoms with Crippen molar-refractivity contribution in [2.75, 3.05) is 12.0 Å². The Labute approximate surface area is 97.4 Å². The average Bonchev–Trinajstić information content (AvgIpc) is 2.25. The topological polar surface area (TPSA) is 47.3 Å². The second-order valence-corrected chi connectivity index (χ2v) is 3.22. The predicted molar refractivity (Wildman–Crippen MR) is 66.5 cm³/mol. The maximum atomic E-state index is 5.54. The number of benzene rings is 1. The second kappa shape index (κ2) is 8.38. The molecule has 15 heavy (non-hydrogen) atoms. The SMILES string of the molecule is CCCCCOc1ccc(NN)cc1.Cl. The Balaban J connectivity index is 0.00000196. The van der Waals surface area contributed by atoms with Crippen LogP contribution in [0, 0.1) is 0 Å². The monoisotopic (exact) mass is 230 g/mol. The fraction of sp³-hybridized carbons (Fsp3) is 0.455. The zero-order chi connectivity index (χ0) is 10.2. The summed E-state index contributed by atoms with van der Waals surface area (Å²) in [5.74, 6) is 6.15. The maximum Gasteiger partial charge on any atom is 0.119 e. The summed E-state index contributed by atoms with van der Waals surface area (Å²) in [6.07, 6.45) is 3.56. The second-order valence-electron chi connectivity index (χ2n) is 3.22. The van der Waals surface area contributed by atoms with Crippen LogP contribution in [0.3, 0.4) is 0 Å². The molecule has 0 amide bonds. The molecule has 3 nitrogen and oxygen atoms in total. The first kappa shape index (κ1) is 14.1. The summed E-state index contributed by atoms with van der Waals surface area (Å²) in [7, 11) is 0. The highest BCUT2D eigenvalue weighted by molar-refractivity contribution is 5.85. The summed E-state index contributed by atoms with van der Waals surface area (Å²) in [5.41, 5.74) is 3.47. The van der Waals surface area contributed by atoms with Gasteiger partial charge in [-0.15, -0.1) is 12.4 Å². The van der Waals surface area contributed by atoms with Crippen molar-refractivity contribution >= 4 is 18.1 Å². The van der Waals surface area contributed by atoms with Crippen LogP contribution in [0.4, 0.5) is 5.69 Å². The molecule has 3 N–H and O–H groups in total. The first-order chi connectivity index (χ1) is 6.86. The molecular weight excluding hydrogens is 212 g/mol. The minimum Gasteiger partial charge on any atom is -0.494 e. The minimum atomic E-state index is 0. The molecule has 0 aliphatic carbocycles. The van der Waals surface area contributed by atoms with E-state index in [1.165, 1.54) is 12.8 Å². The molecule has 0 aliphatic rings. The van der Waals surface area contributed by atoms with Crippen molar-refractivity contribution in [1.82, 2.24) is 0 Å². The normalized spacial score (nSPS) is 9.20. The number of hydrogen-bond acceptors (Lipinski definition) is 3. The molecule has 0 spiro atoms. The van der Waals surface area contributed by atoms with Crippen LogP contribution >= 0.6 is 12.4 Å². The highest BCUT2D eigenvalue weighted by Gasteiger charge is 1.93. The van der Waals surface area contributed by atoms with E-state index >= 15 is 0 Å². The number of rotatable bonds is 6. The molecule has 0 unspecified atom stereocenters. The molecule has 0 saturated carbocycles. The lowest BCUT2D eigenvalue weighted by molar-refractivity contribution is 0.306. The van der Waals surface area contributed by atoms with Crippen molar-refractivity contribution < 1.29 is 4.74 Å². The van der Waals surface area contributed by atoms with E-state index in [0.29, 0.717) is 0 Å². The number of nitrogens with two attached hydrogens (primary N) is 1. The third-order valence-electron chi connectivity index (χ3n) is 2.04. The number of anilines is 1. The lowest BCUT2D eigenvalue weighted by atomic mass is 10.2. The van der Waals surface area contributed by atoms with Crippen LogP contribution in [-0.4, -0.2) is 6.61 Å². The molecule has 1 aromatic carbocycles. The van der Waals surface area contributed by atoms with E-state index in [0.717, 1.165) is 24.5 Å². The highest BCUT2D eigenvalue weighted by Crippen LogP contribution is 2.14. The van der Waals surface area contributed by atoms with Crippen molar-refractivity contribution in [2.24, 2.45) is 5.84 Å². The van der Waals surface area contributed by atoms with Gasteiger partial charge >= 0.3 is 0 Å². The standard InChI is InChI=1S/C11H18N2O.ClH/c1-2-3-4-9-14-11-7-5-10(13-12)6-8-11;/h5-8,13H,2-4,9,12H2,1H3;1H. The van der Waals surface area contributed by atoms with Crippen LogP contribution in [0.5, 0.6) is 5.75 Å². The van der Waals surface area contributed by atoms with Crippen molar-refractivity contribution in [3.05, 3.63) is 24.3 Å². The molecule has 0 bridgehead atoms. The Morgan fingerprint density at radius 1 is 1.20 bits per heavy atom. The number of nitrogens with one attached hydrogen (secondary N) is 1. The zero-order valence-electron chi connectivity index (χ0n) is 9.03. The van der Waals surface area contributed by atoms with Gasteiger partial charge in [0.2, 0.25) is 0 Å². The Morgan fingerprint density at radius 3 is 2.40 bits per heavy atom. The predicted octanol–water partition coefficient (Wildman–Crippen LogP) is 2.96. The molecular formula is C11H19ClN2O. The molecule has 0 saturated heterocycles. The van der Waals surface area contributed by atoms with Gasteiger partial charge in [-0.25, -0.2) is 0 Å². The van der Waals surface area contributed by atoms with Crippen LogP contribution in [0.15, 0.2) is 24.3 Å². The third-order valence-corrected chi connectivity index (χ3v) is 2.04. The van der Waals surface area contributed by atoms with Crippen molar-refractivity contribution in [3.63, 3.8) is 0 Å². The molecule has 0 radical (unpaired) electrons. The van der Waals surface area contributed by atoms with Gasteiger partial charge in [-0.3, -0.25) is 5.84 Å². The van der Waals surface area contributed by atoms with Gasteiger partial charge in [0, 0.05) is 5.69 Å². The Hall–Kier alpha value is -0.930. The van der Waals surface area contributed by atoms with Crippen LogP contribution in [0.2, 0.25) is 0 Å². The van der Waals surface area contributed by atoms with E-state index < -0.39 is 0 Å². The van der Waals surface area contributed by atoms with Crippen LogP contribution in [0.1, 0.15) is 26.2 Å². The quantitative estimate of drug-likeness (QED) is 0.449. The van der Waals surface area contributed by atoms with Gasteiger partial charge in [0.15, 0.2) is 0 Å². The Kier molecular flexibility index (Phi) is 7.86. The van der Waals surface area contributed by atoms with E-state index in [1.54, 1.807) is 0 Å². The van der Waals surface area contributed by atoms with Crippen molar-refractivity contribution in [1.29, 1.82) is 0 Å². The lowest BCUT2D eigenvalue weighted by Crippen LogP contribution is -2.06. The largest absolute Gasteiger partial charge is 0.494 e. The lowest BCUT2D eigenvalue weighted by Gasteiger charge is -2.06. The fourth-order valence-corrected chi connectivity index (χ4v) is 1.19. The summed E-state index contributed by atoms with van der Waals surface area (Å²) >= 11 is 0. The first-order valence-corrected chi connectivity index (χ1v) is 5.06. The first-order valence-electron chi connectivity index (χ1n) is 5.06. The summed E-state index contributed by atoms with van der Waals surface area (Å²) in [4.78, 5) is 0. The summed E-state index contributed by atoms with van der Waals surface area (Å²) in [5, 5.41) is 0. The van der Waals surface area contributed by atoms with Gasteiger partial charge in [-0.2, -0.15) is 0 Å². The van der Waals surface area contributed by atoms with Gasteiger partial charge in [-0.1, -0.05) is 19.8 Å². The molecule has 0 heterocycles. The van der Waals surface area contributed by atoms with Crippen LogP contribution < -0.4 is 16.0 Å². The van der Waals surface area contributed by atoms with Crippen molar-refractivity contribution in [2.45, 2.75) is 26.2 Å². The van der Waals surface area contributed by atoms with E-state index in [9.17, 15) is 0 Å². The van der Waals surface area contributed by atoms with E-state index in [1.807, 2.05) is 24.3 Å². The molecule has 0 fully saturated rings. The smallest absolute Gasteiger partial charge is 0.119 e. The molecule has 4 heteroatoms. The summed E-state index contributed by atoms with van der Waals surface area (Å²) in [6.45, 7) is 2.98. The van der Waals surface area contributed by atoms with E-state index in [-0.39, 0.29) is 12.4 Å². The zero-order valence-corrected chi connectivity index (χ0v) is 9.85. The number of hydrazine groups is 1. The fourth-order valence-electron chi connectivity index (χ4n) is 1.19. The molecule has 0 aliphatic heterocycles. The molecule has 0 aromatic heterocycles. The van der Waals surface area contributed by atoms with Crippen LogP contribution in [0.25, 0.3) is 0 Å². The van der Waals surface area contributed by atoms with Gasteiger partial charge in [0.25, 0.3) is 0 Å². The number of unbranched alkanes of at least 4 members (excludes halogenated alkanes) is 2. The minimum absolute atomic E-state index is 0. The molecule has 86 valence electrons. The Morgan fingerprint density at radius 2 is 1.87 bits per heavy atom. The number of nitrogen functional groups attached to an aromatic ring is 1. The average molecular weight is 231 g/mol. The number of hydrogen-bond donors (Lipinski definition) is 2. The van der Waals surface area contributed by atoms with E-state index in [4.69, 9.17) is 10.6 Å². The molecule has 1 aromatic rings. The number of halogens is 1. The van der Waals surface area contributed by atoms with Crippen LogP contribution in [-0.2, 0) is 0 Å². The highest BCUT2D eigenvalue weighted by atomic mass is 35.5. The molecule has 1 rings (SSSR count). The summed E-state index contributed by atoms with van der Waals surface area (Å²) < 4.78 is 5.54. The van der Waals surface area contributed by atoms with E-state index in [2.05, 4.69) is 12.3 Å². The maximum absolute atomic E-state index is 5.54. The molecule has 0 atom stereocenters.